The van der Waals surface area contributed by atoms with Crippen molar-refractivity contribution in [3.8, 4) is 5.75 Å². The molecular formula is C17H26IN5O. The van der Waals surface area contributed by atoms with E-state index in [1.54, 1.807) is 13.3 Å². The third kappa shape index (κ3) is 6.77. The van der Waals surface area contributed by atoms with Crippen LogP contribution in [0.5, 0.6) is 5.75 Å². The highest BCUT2D eigenvalue weighted by Crippen LogP contribution is 2.17. The SMILES string of the molecule is CCNC(=NCc1ccccc1OC)NCCCn1ccnc1.I. The highest BCUT2D eigenvalue weighted by Gasteiger charge is 2.02. The topological polar surface area (TPSA) is 63.5 Å². The largest absolute Gasteiger partial charge is 0.496 e. The maximum Gasteiger partial charge on any atom is 0.191 e. The summed E-state index contributed by atoms with van der Waals surface area (Å²) >= 11 is 0. The van der Waals surface area contributed by atoms with Gasteiger partial charge in [-0.25, -0.2) is 9.98 Å². The summed E-state index contributed by atoms with van der Waals surface area (Å²) < 4.78 is 7.43. The molecule has 1 aromatic heterocycles. The van der Waals surface area contributed by atoms with Gasteiger partial charge in [-0.1, -0.05) is 18.2 Å². The Morgan fingerprint density at radius 3 is 2.83 bits per heavy atom. The summed E-state index contributed by atoms with van der Waals surface area (Å²) in [6.45, 7) is 5.28. The Labute approximate surface area is 160 Å². The number of hydrogen-bond acceptors (Lipinski definition) is 3. The van der Waals surface area contributed by atoms with Gasteiger partial charge >= 0.3 is 0 Å². The normalized spacial score (nSPS) is 10.8. The summed E-state index contributed by atoms with van der Waals surface area (Å²) in [6.07, 6.45) is 6.61. The van der Waals surface area contributed by atoms with E-state index in [-0.39, 0.29) is 24.0 Å². The third-order valence-corrected chi connectivity index (χ3v) is 3.39. The fraction of sp³-hybridized carbons (Fsp3) is 0.412. The molecule has 0 radical (unpaired) electrons. The molecular weight excluding hydrogens is 417 g/mol. The van der Waals surface area contributed by atoms with Gasteiger partial charge < -0.3 is 19.9 Å². The minimum atomic E-state index is 0. The molecule has 0 saturated carbocycles. The Morgan fingerprint density at radius 2 is 2.12 bits per heavy atom. The first-order valence-electron chi connectivity index (χ1n) is 7.93. The maximum absolute atomic E-state index is 5.36. The van der Waals surface area contributed by atoms with Crippen LogP contribution in [0.15, 0.2) is 48.0 Å². The highest BCUT2D eigenvalue weighted by molar-refractivity contribution is 14.0. The molecule has 0 aliphatic rings. The summed E-state index contributed by atoms with van der Waals surface area (Å²) in [4.78, 5) is 8.66. The molecule has 0 unspecified atom stereocenters. The number of aromatic nitrogens is 2. The number of methoxy groups -OCH3 is 1. The Kier molecular flexibility index (Phi) is 9.90. The van der Waals surface area contributed by atoms with E-state index in [1.165, 1.54) is 0 Å². The van der Waals surface area contributed by atoms with Crippen molar-refractivity contribution in [3.63, 3.8) is 0 Å². The molecule has 7 heteroatoms. The van der Waals surface area contributed by atoms with Crippen molar-refractivity contribution < 1.29 is 4.74 Å². The van der Waals surface area contributed by atoms with Crippen LogP contribution in [0.4, 0.5) is 0 Å². The van der Waals surface area contributed by atoms with Crippen LogP contribution in [0, 0.1) is 0 Å². The van der Waals surface area contributed by atoms with Gasteiger partial charge in [0.05, 0.1) is 20.0 Å². The minimum Gasteiger partial charge on any atom is -0.496 e. The van der Waals surface area contributed by atoms with Gasteiger partial charge in [0.25, 0.3) is 0 Å². The predicted molar refractivity (Wildman–Crippen MR) is 108 cm³/mol. The van der Waals surface area contributed by atoms with E-state index in [9.17, 15) is 0 Å². The van der Waals surface area contributed by atoms with Crippen molar-refractivity contribution in [3.05, 3.63) is 48.5 Å². The lowest BCUT2D eigenvalue weighted by molar-refractivity contribution is 0.410. The Bertz CT molecular complexity index is 601. The zero-order valence-electron chi connectivity index (χ0n) is 14.2. The number of aliphatic imine (C=N–C) groups is 1. The third-order valence-electron chi connectivity index (χ3n) is 3.39. The van der Waals surface area contributed by atoms with Crippen molar-refractivity contribution in [1.82, 2.24) is 20.2 Å². The first-order valence-corrected chi connectivity index (χ1v) is 7.93. The molecule has 2 rings (SSSR count). The molecule has 0 amide bonds. The molecule has 6 nitrogen and oxygen atoms in total. The predicted octanol–water partition coefficient (Wildman–Crippen LogP) is 2.66. The maximum atomic E-state index is 5.36. The van der Waals surface area contributed by atoms with Gasteiger partial charge in [0.15, 0.2) is 5.96 Å². The average Bonchev–Trinajstić information content (AvgIpc) is 3.10. The lowest BCUT2D eigenvalue weighted by Crippen LogP contribution is -2.38. The number of imidazole rings is 1. The number of guanidine groups is 1. The standard InChI is InChI=1S/C17H25N5O.HI/c1-3-19-17(20-9-6-11-22-12-10-18-14-22)21-13-15-7-4-5-8-16(15)23-2;/h4-5,7-8,10,12,14H,3,6,9,11,13H2,1-2H3,(H2,19,20,21);1H. The molecule has 2 aromatic rings. The van der Waals surface area contributed by atoms with E-state index < -0.39 is 0 Å². The molecule has 0 bridgehead atoms. The summed E-state index contributed by atoms with van der Waals surface area (Å²) in [7, 11) is 1.68. The van der Waals surface area contributed by atoms with E-state index >= 15 is 0 Å². The molecule has 0 aliphatic carbocycles. The number of ether oxygens (including phenoxy) is 1. The van der Waals surface area contributed by atoms with Crippen molar-refractivity contribution in [2.45, 2.75) is 26.4 Å². The molecule has 132 valence electrons. The van der Waals surface area contributed by atoms with E-state index in [1.807, 2.05) is 36.8 Å². The second-order valence-corrected chi connectivity index (χ2v) is 5.09. The summed E-state index contributed by atoms with van der Waals surface area (Å²) in [6, 6.07) is 7.95. The quantitative estimate of drug-likeness (QED) is 0.285. The molecule has 0 atom stereocenters. The monoisotopic (exact) mass is 443 g/mol. The number of halogens is 1. The highest BCUT2D eigenvalue weighted by atomic mass is 127. The number of hydrogen-bond donors (Lipinski definition) is 2. The Hall–Kier alpha value is -1.77. The van der Waals surface area contributed by atoms with Crippen LogP contribution >= 0.6 is 24.0 Å². The van der Waals surface area contributed by atoms with Crippen LogP contribution in [0.3, 0.4) is 0 Å². The lowest BCUT2D eigenvalue weighted by atomic mass is 10.2. The molecule has 0 fully saturated rings. The van der Waals surface area contributed by atoms with Gasteiger partial charge in [-0.2, -0.15) is 0 Å². The van der Waals surface area contributed by atoms with Gasteiger partial charge in [-0.05, 0) is 19.4 Å². The van der Waals surface area contributed by atoms with Gasteiger partial charge in [0, 0.05) is 37.6 Å². The zero-order valence-corrected chi connectivity index (χ0v) is 16.6. The molecule has 1 aromatic carbocycles. The molecule has 0 aliphatic heterocycles. The molecule has 0 saturated heterocycles. The number of para-hydroxylation sites is 1. The smallest absolute Gasteiger partial charge is 0.191 e. The summed E-state index contributed by atoms with van der Waals surface area (Å²) in [5, 5.41) is 6.62. The van der Waals surface area contributed by atoms with Crippen LogP contribution < -0.4 is 15.4 Å². The second-order valence-electron chi connectivity index (χ2n) is 5.09. The minimum absolute atomic E-state index is 0. The number of benzene rings is 1. The summed E-state index contributed by atoms with van der Waals surface area (Å²) in [5.74, 6) is 1.69. The first kappa shape index (κ1) is 20.3. The van der Waals surface area contributed by atoms with Crippen LogP contribution in [0.1, 0.15) is 18.9 Å². The molecule has 24 heavy (non-hydrogen) atoms. The average molecular weight is 443 g/mol. The van der Waals surface area contributed by atoms with Gasteiger partial charge in [-0.3, -0.25) is 0 Å². The van der Waals surface area contributed by atoms with Crippen LogP contribution in [0.2, 0.25) is 0 Å². The molecule has 0 spiro atoms. The van der Waals surface area contributed by atoms with Crippen LogP contribution in [0.25, 0.3) is 0 Å². The van der Waals surface area contributed by atoms with Crippen molar-refractivity contribution in [2.75, 3.05) is 20.2 Å². The van der Waals surface area contributed by atoms with E-state index in [0.717, 1.165) is 43.3 Å². The summed E-state index contributed by atoms with van der Waals surface area (Å²) in [5.41, 5.74) is 1.07. The number of nitrogens with one attached hydrogen (secondary N) is 2. The fourth-order valence-corrected chi connectivity index (χ4v) is 2.23. The fourth-order valence-electron chi connectivity index (χ4n) is 2.23. The van der Waals surface area contributed by atoms with E-state index in [4.69, 9.17) is 4.74 Å². The van der Waals surface area contributed by atoms with Crippen molar-refractivity contribution in [2.24, 2.45) is 4.99 Å². The van der Waals surface area contributed by atoms with Crippen LogP contribution in [-0.4, -0.2) is 35.7 Å². The molecule has 2 N–H and O–H groups in total. The van der Waals surface area contributed by atoms with E-state index in [0.29, 0.717) is 6.54 Å². The van der Waals surface area contributed by atoms with Gasteiger partial charge in [-0.15, -0.1) is 24.0 Å². The molecule has 1 heterocycles. The van der Waals surface area contributed by atoms with Crippen molar-refractivity contribution in [1.29, 1.82) is 0 Å². The second kappa shape index (κ2) is 11.7. The van der Waals surface area contributed by atoms with Gasteiger partial charge in [0.2, 0.25) is 0 Å². The Balaban J connectivity index is 0.00000288. The Morgan fingerprint density at radius 1 is 1.29 bits per heavy atom. The zero-order chi connectivity index (χ0) is 16.3. The number of rotatable bonds is 8. The number of aryl methyl sites for hydroxylation is 1. The van der Waals surface area contributed by atoms with E-state index in [2.05, 4.69) is 32.1 Å². The lowest BCUT2D eigenvalue weighted by Gasteiger charge is -2.12. The van der Waals surface area contributed by atoms with Crippen molar-refractivity contribution >= 4 is 29.9 Å². The first-order chi connectivity index (χ1) is 11.3. The van der Waals surface area contributed by atoms with Crippen LogP contribution in [-0.2, 0) is 13.1 Å². The van der Waals surface area contributed by atoms with Gasteiger partial charge in [0.1, 0.15) is 5.75 Å². The number of nitrogens with zero attached hydrogens (tertiary/aromatic N) is 3.